The van der Waals surface area contributed by atoms with E-state index in [9.17, 15) is 9.59 Å². The summed E-state index contributed by atoms with van der Waals surface area (Å²) in [6, 6.07) is 26.3. The van der Waals surface area contributed by atoms with Crippen LogP contribution in [0.25, 0.3) is 17.0 Å². The molecule has 7 rings (SSSR count). The van der Waals surface area contributed by atoms with Crippen LogP contribution in [0.15, 0.2) is 118 Å². The van der Waals surface area contributed by atoms with Crippen LogP contribution in [0.5, 0.6) is 0 Å². The molecule has 6 aromatic rings. The molecule has 0 unspecified atom stereocenters. The summed E-state index contributed by atoms with van der Waals surface area (Å²) in [5, 5.41) is 6.99. The van der Waals surface area contributed by atoms with Crippen molar-refractivity contribution >= 4 is 74.4 Å². The van der Waals surface area contributed by atoms with E-state index in [-0.39, 0.29) is 11.5 Å². The fourth-order valence-corrected chi connectivity index (χ4v) is 7.73. The molecule has 3 aromatic heterocycles. The number of nitrogens with zero attached hydrogens (tertiary/aromatic N) is 3. The number of allylic oxidation sites excluding steroid dienone is 1. The van der Waals surface area contributed by atoms with Gasteiger partial charge >= 0.3 is 0 Å². The van der Waals surface area contributed by atoms with Gasteiger partial charge in [0.2, 0.25) is 0 Å². The number of hydrogen-bond donors (Lipinski definition) is 1. The molecule has 0 radical (unpaired) electrons. The van der Waals surface area contributed by atoms with Gasteiger partial charge in [0.1, 0.15) is 6.04 Å². The summed E-state index contributed by atoms with van der Waals surface area (Å²) in [6.45, 7) is 2.41. The monoisotopic (exact) mass is 654 g/mol. The lowest BCUT2D eigenvalue weighted by Gasteiger charge is -2.24. The summed E-state index contributed by atoms with van der Waals surface area (Å²) in [4.78, 5) is 34.1. The number of para-hydroxylation sites is 2. The van der Waals surface area contributed by atoms with E-state index < -0.39 is 6.04 Å². The molecule has 0 aliphatic carbocycles. The van der Waals surface area contributed by atoms with Crippen LogP contribution >= 0.6 is 45.9 Å². The normalized spacial score (nSPS) is 15.0. The van der Waals surface area contributed by atoms with Gasteiger partial charge in [-0.25, -0.2) is 4.99 Å². The second-order valence-electron chi connectivity index (χ2n) is 10.4. The van der Waals surface area contributed by atoms with E-state index in [2.05, 4.69) is 16.0 Å². The predicted molar refractivity (Wildman–Crippen MR) is 181 cm³/mol. The van der Waals surface area contributed by atoms with Crippen molar-refractivity contribution in [3.05, 3.63) is 154 Å². The maximum atomic E-state index is 14.2. The second-order valence-corrected chi connectivity index (χ2v) is 13.2. The van der Waals surface area contributed by atoms with Crippen molar-refractivity contribution in [2.75, 3.05) is 5.32 Å². The number of anilines is 1. The number of aromatic nitrogens is 2. The molecule has 0 saturated carbocycles. The Labute approximate surface area is 270 Å². The summed E-state index contributed by atoms with van der Waals surface area (Å²) >= 11 is 15.3. The SMILES string of the molecule is CC1=C(C(=O)Nc2ccccc2)[C@H](c2cccs2)n2c(s/c(=C/c3cn(Cc4ccc(Cl)c(Cl)c4)c4ccccc34)c2=O)=N1. The molecule has 0 spiro atoms. The van der Waals surface area contributed by atoms with Crippen molar-refractivity contribution in [1.29, 1.82) is 0 Å². The lowest BCUT2D eigenvalue weighted by atomic mass is 10.0. The first-order chi connectivity index (χ1) is 21.4. The predicted octanol–water partition coefficient (Wildman–Crippen LogP) is 7.25. The first-order valence-corrected chi connectivity index (χ1v) is 16.3. The average molecular weight is 656 g/mol. The fraction of sp³-hybridized carbons (Fsp3) is 0.0882. The molecule has 4 heterocycles. The van der Waals surface area contributed by atoms with E-state index in [1.807, 2.05) is 97.4 Å². The van der Waals surface area contributed by atoms with Gasteiger partial charge in [0, 0.05) is 39.8 Å². The van der Waals surface area contributed by atoms with Crippen LogP contribution in [0.2, 0.25) is 10.0 Å². The molecule has 0 fully saturated rings. The summed E-state index contributed by atoms with van der Waals surface area (Å²) in [7, 11) is 0. The Morgan fingerprint density at radius 2 is 1.80 bits per heavy atom. The molecule has 1 N–H and O–H groups in total. The Kier molecular flexibility index (Phi) is 7.60. The standard InChI is InChI=1S/C34H24Cl2N4O2S2/c1-20-30(32(41)38-23-8-3-2-4-9-23)31(28-12-7-15-43-28)40-33(42)29(44-34(40)37-20)17-22-19-39(27-11-6-5-10-24(22)27)18-21-13-14-25(35)26(36)16-21/h2-17,19,31H,18H2,1H3,(H,38,41)/b29-17+/t31-/m0/s1. The highest BCUT2D eigenvalue weighted by Gasteiger charge is 2.33. The number of amides is 1. The summed E-state index contributed by atoms with van der Waals surface area (Å²) in [6.07, 6.45) is 3.97. The first kappa shape index (κ1) is 28.6. The largest absolute Gasteiger partial charge is 0.342 e. The number of thiophene rings is 1. The molecular formula is C34H24Cl2N4O2S2. The zero-order valence-corrected chi connectivity index (χ0v) is 26.5. The Morgan fingerprint density at radius 1 is 1.00 bits per heavy atom. The molecule has 1 aliphatic heterocycles. The van der Waals surface area contributed by atoms with Crippen molar-refractivity contribution < 1.29 is 4.79 Å². The number of nitrogens with one attached hydrogen (secondary N) is 1. The molecule has 10 heteroatoms. The third kappa shape index (κ3) is 5.24. The molecular weight excluding hydrogens is 631 g/mol. The van der Waals surface area contributed by atoms with Gasteiger partial charge in [-0.1, -0.05) is 83.1 Å². The summed E-state index contributed by atoms with van der Waals surface area (Å²) in [5.74, 6) is -0.282. The van der Waals surface area contributed by atoms with Crippen LogP contribution in [-0.4, -0.2) is 15.0 Å². The topological polar surface area (TPSA) is 68.4 Å². The molecule has 1 aliphatic rings. The van der Waals surface area contributed by atoms with Crippen LogP contribution < -0.4 is 20.2 Å². The van der Waals surface area contributed by atoms with E-state index in [4.69, 9.17) is 28.2 Å². The minimum absolute atomic E-state index is 0.189. The zero-order chi connectivity index (χ0) is 30.4. The number of carbonyl (C=O) groups excluding carboxylic acids is 1. The molecule has 0 bridgehead atoms. The van der Waals surface area contributed by atoms with Crippen LogP contribution in [0.4, 0.5) is 5.69 Å². The number of rotatable bonds is 6. The quantitative estimate of drug-likeness (QED) is 0.206. The summed E-state index contributed by atoms with van der Waals surface area (Å²) < 4.78 is 4.34. The Hall–Kier alpha value is -4.21. The van der Waals surface area contributed by atoms with E-state index in [1.54, 1.807) is 10.6 Å². The van der Waals surface area contributed by atoms with Gasteiger partial charge in [-0.05, 0) is 60.3 Å². The van der Waals surface area contributed by atoms with Gasteiger partial charge < -0.3 is 9.88 Å². The minimum atomic E-state index is -0.590. The fourth-order valence-electron chi connectivity index (χ4n) is 5.54. The maximum absolute atomic E-state index is 14.2. The Balaban J connectivity index is 1.33. The van der Waals surface area contributed by atoms with Crippen molar-refractivity contribution in [1.82, 2.24) is 9.13 Å². The third-order valence-electron chi connectivity index (χ3n) is 7.55. The van der Waals surface area contributed by atoms with E-state index in [1.165, 1.54) is 22.7 Å². The van der Waals surface area contributed by atoms with Gasteiger partial charge in [0.15, 0.2) is 4.80 Å². The Bertz CT molecular complexity index is 2270. The molecule has 1 atom stereocenters. The van der Waals surface area contributed by atoms with Gasteiger partial charge in [0.25, 0.3) is 11.5 Å². The highest BCUT2D eigenvalue weighted by atomic mass is 35.5. The number of thiazole rings is 1. The van der Waals surface area contributed by atoms with Crippen molar-refractivity contribution in [2.24, 2.45) is 4.99 Å². The molecule has 1 amide bonds. The van der Waals surface area contributed by atoms with Crippen LogP contribution in [-0.2, 0) is 11.3 Å². The zero-order valence-electron chi connectivity index (χ0n) is 23.3. The van der Waals surface area contributed by atoms with Crippen LogP contribution in [0.1, 0.15) is 29.0 Å². The number of halogens is 2. The van der Waals surface area contributed by atoms with Gasteiger partial charge in [-0.2, -0.15) is 0 Å². The van der Waals surface area contributed by atoms with Gasteiger partial charge in [-0.3, -0.25) is 14.2 Å². The lowest BCUT2D eigenvalue weighted by Crippen LogP contribution is -2.40. The molecule has 3 aromatic carbocycles. The Morgan fingerprint density at radius 3 is 2.57 bits per heavy atom. The maximum Gasteiger partial charge on any atom is 0.271 e. The van der Waals surface area contributed by atoms with Gasteiger partial charge in [-0.15, -0.1) is 11.3 Å². The highest BCUT2D eigenvalue weighted by Crippen LogP contribution is 2.33. The number of benzene rings is 3. The lowest BCUT2D eigenvalue weighted by molar-refractivity contribution is -0.113. The van der Waals surface area contributed by atoms with E-state index in [0.29, 0.717) is 42.9 Å². The molecule has 6 nitrogen and oxygen atoms in total. The molecule has 218 valence electrons. The third-order valence-corrected chi connectivity index (χ3v) is 10.2. The van der Waals surface area contributed by atoms with E-state index >= 15 is 0 Å². The van der Waals surface area contributed by atoms with Crippen LogP contribution in [0.3, 0.4) is 0 Å². The van der Waals surface area contributed by atoms with Crippen molar-refractivity contribution in [3.63, 3.8) is 0 Å². The highest BCUT2D eigenvalue weighted by molar-refractivity contribution is 7.10. The first-order valence-electron chi connectivity index (χ1n) is 13.8. The van der Waals surface area contributed by atoms with E-state index in [0.717, 1.165) is 26.9 Å². The number of carbonyl (C=O) groups is 1. The molecule has 44 heavy (non-hydrogen) atoms. The molecule has 0 saturated heterocycles. The van der Waals surface area contributed by atoms with Gasteiger partial charge in [0.05, 0.1) is 25.8 Å². The van der Waals surface area contributed by atoms with Crippen LogP contribution in [0, 0.1) is 0 Å². The van der Waals surface area contributed by atoms with Crippen molar-refractivity contribution in [3.8, 4) is 0 Å². The second kappa shape index (κ2) is 11.7. The smallest absolute Gasteiger partial charge is 0.271 e. The minimum Gasteiger partial charge on any atom is -0.342 e. The number of fused-ring (bicyclic) bond motifs is 2. The summed E-state index contributed by atoms with van der Waals surface area (Å²) in [5.41, 5.74) is 4.49. The van der Waals surface area contributed by atoms with Crippen molar-refractivity contribution in [2.45, 2.75) is 19.5 Å². The number of hydrogen-bond acceptors (Lipinski definition) is 5. The average Bonchev–Trinajstić information content (AvgIpc) is 3.74.